The molecular formula is C19H25N2O5+. The van der Waals surface area contributed by atoms with E-state index in [9.17, 15) is 4.79 Å². The molecule has 0 saturated carbocycles. The molecule has 26 heavy (non-hydrogen) atoms. The number of quaternary nitrogens is 1. The first-order valence-electron chi connectivity index (χ1n) is 8.73. The largest absolute Gasteiger partial charge is 0.493 e. The van der Waals surface area contributed by atoms with E-state index < -0.39 is 0 Å². The molecule has 1 aromatic heterocycles. The fourth-order valence-electron chi connectivity index (χ4n) is 3.09. The van der Waals surface area contributed by atoms with Gasteiger partial charge in [-0.3, -0.25) is 4.79 Å². The van der Waals surface area contributed by atoms with Gasteiger partial charge in [-0.25, -0.2) is 0 Å². The maximum Gasteiger partial charge on any atom is 0.289 e. The van der Waals surface area contributed by atoms with Crippen molar-refractivity contribution in [3.05, 3.63) is 42.4 Å². The second kappa shape index (κ2) is 8.62. The molecule has 0 atom stereocenters. The summed E-state index contributed by atoms with van der Waals surface area (Å²) in [6, 6.07) is 9.01. The Morgan fingerprint density at radius 2 is 1.81 bits per heavy atom. The number of hydrogen-bond donors (Lipinski definition) is 1. The number of nitrogens with zero attached hydrogens (tertiary/aromatic N) is 1. The van der Waals surface area contributed by atoms with E-state index in [0.29, 0.717) is 42.7 Å². The molecule has 0 bridgehead atoms. The third-order valence-electron chi connectivity index (χ3n) is 4.57. The van der Waals surface area contributed by atoms with Crippen molar-refractivity contribution < 1.29 is 28.3 Å². The van der Waals surface area contributed by atoms with Crippen molar-refractivity contribution in [3.63, 3.8) is 0 Å². The number of para-hydroxylation sites is 1. The molecule has 2 heterocycles. The second-order valence-electron chi connectivity index (χ2n) is 6.11. The molecule has 1 fully saturated rings. The normalized spacial score (nSPS) is 14.9. The van der Waals surface area contributed by atoms with Crippen LogP contribution in [0.3, 0.4) is 0 Å². The number of amides is 1. The second-order valence-corrected chi connectivity index (χ2v) is 6.11. The third kappa shape index (κ3) is 4.11. The lowest BCUT2D eigenvalue weighted by atomic mass is 10.3. The van der Waals surface area contributed by atoms with Crippen LogP contribution in [-0.4, -0.2) is 64.4 Å². The number of furan rings is 1. The molecule has 3 rings (SSSR count). The zero-order valence-electron chi connectivity index (χ0n) is 15.2. The zero-order chi connectivity index (χ0) is 18.4. The Morgan fingerprint density at radius 1 is 1.12 bits per heavy atom. The van der Waals surface area contributed by atoms with Crippen molar-refractivity contribution in [1.82, 2.24) is 4.90 Å². The first kappa shape index (κ1) is 18.1. The molecule has 1 aromatic carbocycles. The van der Waals surface area contributed by atoms with Gasteiger partial charge in [0.1, 0.15) is 13.2 Å². The minimum absolute atomic E-state index is 0.0379. The molecule has 7 nitrogen and oxygen atoms in total. The number of methoxy groups -OCH3 is 2. The van der Waals surface area contributed by atoms with Crippen molar-refractivity contribution in [2.75, 3.05) is 53.6 Å². The Hall–Kier alpha value is -2.67. The highest BCUT2D eigenvalue weighted by Gasteiger charge is 2.25. The van der Waals surface area contributed by atoms with Gasteiger partial charge in [0.05, 0.1) is 46.7 Å². The monoisotopic (exact) mass is 361 g/mol. The lowest BCUT2D eigenvalue weighted by Gasteiger charge is -2.31. The number of piperazine rings is 1. The van der Waals surface area contributed by atoms with Crippen LogP contribution >= 0.6 is 0 Å². The highest BCUT2D eigenvalue weighted by atomic mass is 16.5. The van der Waals surface area contributed by atoms with Gasteiger partial charge in [0, 0.05) is 0 Å². The van der Waals surface area contributed by atoms with Crippen molar-refractivity contribution in [1.29, 1.82) is 0 Å². The van der Waals surface area contributed by atoms with Gasteiger partial charge in [0.25, 0.3) is 5.91 Å². The molecule has 0 radical (unpaired) electrons. The molecule has 0 aliphatic carbocycles. The maximum absolute atomic E-state index is 12.3. The number of carbonyl (C=O) groups is 1. The van der Waals surface area contributed by atoms with Crippen molar-refractivity contribution in [2.45, 2.75) is 0 Å². The van der Waals surface area contributed by atoms with Gasteiger partial charge >= 0.3 is 0 Å². The summed E-state index contributed by atoms with van der Waals surface area (Å²) in [5.74, 6) is 2.31. The lowest BCUT2D eigenvalue weighted by Crippen LogP contribution is -3.15. The zero-order valence-corrected chi connectivity index (χ0v) is 15.2. The van der Waals surface area contributed by atoms with Crippen molar-refractivity contribution in [3.8, 4) is 17.2 Å². The summed E-state index contributed by atoms with van der Waals surface area (Å²) in [6.07, 6.45) is 1.53. The number of nitrogens with one attached hydrogen (secondary N) is 1. The number of ether oxygens (including phenoxy) is 3. The molecule has 2 aromatic rings. The van der Waals surface area contributed by atoms with Crippen LogP contribution in [0.1, 0.15) is 10.6 Å². The highest BCUT2D eigenvalue weighted by Crippen LogP contribution is 2.36. The van der Waals surface area contributed by atoms with E-state index in [4.69, 9.17) is 18.6 Å². The van der Waals surface area contributed by atoms with E-state index in [0.717, 1.165) is 19.6 Å². The smallest absolute Gasteiger partial charge is 0.289 e. The molecule has 1 N–H and O–H groups in total. The van der Waals surface area contributed by atoms with Gasteiger partial charge in [-0.15, -0.1) is 0 Å². The summed E-state index contributed by atoms with van der Waals surface area (Å²) in [5.41, 5.74) is 0. The molecule has 1 aliphatic rings. The summed E-state index contributed by atoms with van der Waals surface area (Å²) >= 11 is 0. The fourth-order valence-corrected chi connectivity index (χ4v) is 3.09. The Bertz CT molecular complexity index is 686. The molecule has 1 aliphatic heterocycles. The van der Waals surface area contributed by atoms with E-state index in [1.165, 1.54) is 11.2 Å². The van der Waals surface area contributed by atoms with Crippen molar-refractivity contribution in [2.24, 2.45) is 0 Å². The molecule has 140 valence electrons. The average Bonchev–Trinajstić information content (AvgIpc) is 3.22. The average molecular weight is 361 g/mol. The predicted octanol–water partition coefficient (Wildman–Crippen LogP) is 0.717. The van der Waals surface area contributed by atoms with E-state index in [1.807, 2.05) is 23.1 Å². The Labute approximate surface area is 153 Å². The van der Waals surface area contributed by atoms with Crippen LogP contribution in [0, 0.1) is 0 Å². The first-order chi connectivity index (χ1) is 12.7. The van der Waals surface area contributed by atoms with Crippen LogP contribution in [0.15, 0.2) is 41.0 Å². The number of hydrogen-bond acceptors (Lipinski definition) is 5. The summed E-state index contributed by atoms with van der Waals surface area (Å²) in [6.45, 7) is 4.61. The Morgan fingerprint density at radius 3 is 2.38 bits per heavy atom. The van der Waals surface area contributed by atoms with Crippen molar-refractivity contribution >= 4 is 5.91 Å². The maximum atomic E-state index is 12.3. The number of rotatable bonds is 7. The molecule has 1 amide bonds. The standard InChI is InChI=1S/C19H24N2O5/c1-23-15-5-3-6-16(24-2)18(15)26-14-12-20-8-10-21(11-9-20)19(22)17-7-4-13-25-17/h3-7,13H,8-12,14H2,1-2H3/p+1. The third-order valence-corrected chi connectivity index (χ3v) is 4.57. The minimum Gasteiger partial charge on any atom is -0.493 e. The van der Waals surface area contributed by atoms with E-state index in [2.05, 4.69) is 0 Å². The van der Waals surface area contributed by atoms with Crippen LogP contribution in [0.5, 0.6) is 17.2 Å². The summed E-state index contributed by atoms with van der Waals surface area (Å²) < 4.78 is 21.8. The predicted molar refractivity (Wildman–Crippen MR) is 95.2 cm³/mol. The van der Waals surface area contributed by atoms with Crippen LogP contribution < -0.4 is 19.1 Å². The van der Waals surface area contributed by atoms with Crippen LogP contribution in [0.4, 0.5) is 0 Å². The van der Waals surface area contributed by atoms with Gasteiger partial charge in [-0.1, -0.05) is 6.07 Å². The summed E-state index contributed by atoms with van der Waals surface area (Å²) in [4.78, 5) is 15.5. The number of carbonyl (C=O) groups excluding carboxylic acids is 1. The van der Waals surface area contributed by atoms with Gasteiger partial charge in [-0.2, -0.15) is 0 Å². The van der Waals surface area contributed by atoms with Gasteiger partial charge < -0.3 is 28.4 Å². The number of benzene rings is 1. The summed E-state index contributed by atoms with van der Waals surface area (Å²) in [5, 5.41) is 0. The SMILES string of the molecule is COc1cccc(OC)c1OCC[NH+]1CCN(C(=O)c2ccco2)CC1. The highest BCUT2D eigenvalue weighted by molar-refractivity contribution is 5.91. The Kier molecular flexibility index (Phi) is 6.01. The quantitative estimate of drug-likeness (QED) is 0.787. The van der Waals surface area contributed by atoms with Crippen LogP contribution in [-0.2, 0) is 0 Å². The van der Waals surface area contributed by atoms with Gasteiger partial charge in [-0.05, 0) is 24.3 Å². The van der Waals surface area contributed by atoms with E-state index in [1.54, 1.807) is 26.4 Å². The lowest BCUT2D eigenvalue weighted by molar-refractivity contribution is -0.903. The first-order valence-corrected chi connectivity index (χ1v) is 8.73. The molecule has 0 spiro atoms. The molecule has 1 saturated heterocycles. The van der Waals surface area contributed by atoms with Crippen LogP contribution in [0.25, 0.3) is 0 Å². The van der Waals surface area contributed by atoms with Crippen LogP contribution in [0.2, 0.25) is 0 Å². The molecule has 7 heteroatoms. The fraction of sp³-hybridized carbons (Fsp3) is 0.421. The summed E-state index contributed by atoms with van der Waals surface area (Å²) in [7, 11) is 3.23. The molecule has 0 unspecified atom stereocenters. The van der Waals surface area contributed by atoms with Gasteiger partial charge in [0.2, 0.25) is 5.75 Å². The van der Waals surface area contributed by atoms with Gasteiger partial charge in [0.15, 0.2) is 17.3 Å². The molecular weight excluding hydrogens is 336 g/mol. The van der Waals surface area contributed by atoms with E-state index in [-0.39, 0.29) is 5.91 Å². The Balaban J connectivity index is 1.47. The minimum atomic E-state index is -0.0379. The topological polar surface area (TPSA) is 65.6 Å². The van der Waals surface area contributed by atoms with E-state index >= 15 is 0 Å².